The lowest BCUT2D eigenvalue weighted by molar-refractivity contribution is -0.138. The van der Waals surface area contributed by atoms with Crippen molar-refractivity contribution in [3.63, 3.8) is 0 Å². The van der Waals surface area contributed by atoms with Crippen molar-refractivity contribution in [1.29, 1.82) is 0 Å². The first-order valence-electron chi connectivity index (χ1n) is 6.82. The third-order valence-corrected chi connectivity index (χ3v) is 3.29. The van der Waals surface area contributed by atoms with E-state index in [1.54, 1.807) is 39.5 Å². The van der Waals surface area contributed by atoms with Gasteiger partial charge in [-0.15, -0.1) is 0 Å². The molecule has 0 bridgehead atoms. The number of hydrogen-bond donors (Lipinski definition) is 0. The highest BCUT2D eigenvalue weighted by Gasteiger charge is 2.22. The minimum atomic E-state index is -0.348. The summed E-state index contributed by atoms with van der Waals surface area (Å²) in [5.74, 6) is 1.95. The van der Waals surface area contributed by atoms with Gasteiger partial charge in [-0.05, 0) is 30.9 Å². The summed E-state index contributed by atoms with van der Waals surface area (Å²) in [6.07, 6.45) is 5.35. The molecule has 0 aromatic heterocycles. The number of carbonyl (C=O) groups excluding carboxylic acids is 1. The summed E-state index contributed by atoms with van der Waals surface area (Å²) in [5, 5.41) is 0. The molecule has 0 amide bonds. The SMILES string of the molecule is COc1cc(OC)c(OC)cc1C=CC(=O)OCC1CC1. The van der Waals surface area contributed by atoms with Gasteiger partial charge >= 0.3 is 5.97 Å². The number of hydrogen-bond acceptors (Lipinski definition) is 5. The molecule has 1 aliphatic carbocycles. The van der Waals surface area contributed by atoms with E-state index in [9.17, 15) is 4.79 Å². The van der Waals surface area contributed by atoms with Crippen LogP contribution in [-0.4, -0.2) is 33.9 Å². The van der Waals surface area contributed by atoms with Crippen molar-refractivity contribution >= 4 is 12.0 Å². The van der Waals surface area contributed by atoms with Crippen LogP contribution in [0.2, 0.25) is 0 Å². The quantitative estimate of drug-likeness (QED) is 0.571. The van der Waals surface area contributed by atoms with Gasteiger partial charge in [0.1, 0.15) is 5.75 Å². The molecular formula is C16H20O5. The van der Waals surface area contributed by atoms with Gasteiger partial charge < -0.3 is 18.9 Å². The molecule has 0 atom stereocenters. The smallest absolute Gasteiger partial charge is 0.330 e. The average molecular weight is 292 g/mol. The monoisotopic (exact) mass is 292 g/mol. The average Bonchev–Trinajstić information content (AvgIpc) is 3.34. The second kappa shape index (κ2) is 7.02. The van der Waals surface area contributed by atoms with Gasteiger partial charge in [-0.1, -0.05) is 0 Å². The number of rotatable bonds is 7. The normalized spacial score (nSPS) is 14.0. The van der Waals surface area contributed by atoms with Crippen molar-refractivity contribution < 1.29 is 23.7 Å². The Kier molecular flexibility index (Phi) is 5.09. The van der Waals surface area contributed by atoms with E-state index in [1.807, 2.05) is 0 Å². The maximum absolute atomic E-state index is 11.6. The summed E-state index contributed by atoms with van der Waals surface area (Å²) < 4.78 is 20.9. The van der Waals surface area contributed by atoms with Crippen molar-refractivity contribution in [3.05, 3.63) is 23.8 Å². The summed E-state index contributed by atoms with van der Waals surface area (Å²) in [4.78, 5) is 11.6. The predicted octanol–water partition coefficient (Wildman–Crippen LogP) is 2.68. The van der Waals surface area contributed by atoms with Crippen molar-refractivity contribution in [3.8, 4) is 17.2 Å². The lowest BCUT2D eigenvalue weighted by atomic mass is 10.1. The minimum absolute atomic E-state index is 0.348. The van der Waals surface area contributed by atoms with Crippen molar-refractivity contribution in [2.75, 3.05) is 27.9 Å². The van der Waals surface area contributed by atoms with Crippen LogP contribution in [0.25, 0.3) is 6.08 Å². The standard InChI is InChI=1S/C16H20O5/c1-18-13-9-15(20-3)14(19-2)8-12(13)6-7-16(17)21-10-11-4-5-11/h6-9,11H,4-5,10H2,1-3H3. The van der Waals surface area contributed by atoms with Crippen molar-refractivity contribution in [1.82, 2.24) is 0 Å². The van der Waals surface area contributed by atoms with E-state index in [1.165, 1.54) is 6.08 Å². The van der Waals surface area contributed by atoms with E-state index >= 15 is 0 Å². The first kappa shape index (κ1) is 15.2. The summed E-state index contributed by atoms with van der Waals surface area (Å²) in [7, 11) is 4.67. The molecule has 114 valence electrons. The summed E-state index contributed by atoms with van der Waals surface area (Å²) in [6.45, 7) is 0.506. The Labute approximate surface area is 124 Å². The number of benzene rings is 1. The fourth-order valence-electron chi connectivity index (χ4n) is 1.87. The van der Waals surface area contributed by atoms with Crippen LogP contribution in [0.4, 0.5) is 0 Å². The number of methoxy groups -OCH3 is 3. The Hall–Kier alpha value is -2.17. The maximum Gasteiger partial charge on any atom is 0.330 e. The summed E-state index contributed by atoms with van der Waals surface area (Å²) >= 11 is 0. The lowest BCUT2D eigenvalue weighted by Crippen LogP contribution is -2.03. The van der Waals surface area contributed by atoms with Crippen LogP contribution in [0.5, 0.6) is 17.2 Å². The number of esters is 1. The summed E-state index contributed by atoms with van der Waals surface area (Å²) in [5.41, 5.74) is 0.721. The molecule has 1 aromatic rings. The molecule has 0 unspecified atom stereocenters. The van der Waals surface area contributed by atoms with Gasteiger partial charge in [0.15, 0.2) is 11.5 Å². The first-order chi connectivity index (χ1) is 10.2. The van der Waals surface area contributed by atoms with E-state index in [0.29, 0.717) is 29.8 Å². The maximum atomic E-state index is 11.6. The highest BCUT2D eigenvalue weighted by atomic mass is 16.5. The molecule has 2 rings (SSSR count). The van der Waals surface area contributed by atoms with E-state index in [2.05, 4.69) is 0 Å². The fraction of sp³-hybridized carbons (Fsp3) is 0.438. The predicted molar refractivity (Wildman–Crippen MR) is 78.8 cm³/mol. The van der Waals surface area contributed by atoms with Crippen LogP contribution < -0.4 is 14.2 Å². The zero-order chi connectivity index (χ0) is 15.2. The number of ether oxygens (including phenoxy) is 4. The van der Waals surface area contributed by atoms with Crippen molar-refractivity contribution in [2.45, 2.75) is 12.8 Å². The Morgan fingerprint density at radius 2 is 1.71 bits per heavy atom. The largest absolute Gasteiger partial charge is 0.496 e. The summed E-state index contributed by atoms with van der Waals surface area (Å²) in [6, 6.07) is 3.47. The van der Waals surface area contributed by atoms with Gasteiger partial charge in [0.05, 0.1) is 27.9 Å². The Bertz CT molecular complexity index is 532. The molecule has 1 aliphatic rings. The zero-order valence-corrected chi connectivity index (χ0v) is 12.5. The third kappa shape index (κ3) is 4.15. The lowest BCUT2D eigenvalue weighted by Gasteiger charge is -2.12. The van der Waals surface area contributed by atoms with E-state index in [-0.39, 0.29) is 5.97 Å². The molecule has 0 radical (unpaired) electrons. The second-order valence-electron chi connectivity index (χ2n) is 4.86. The first-order valence-corrected chi connectivity index (χ1v) is 6.82. The molecule has 0 saturated heterocycles. The Morgan fingerprint density at radius 3 is 2.29 bits per heavy atom. The van der Waals surface area contributed by atoms with Crippen LogP contribution in [-0.2, 0) is 9.53 Å². The van der Waals surface area contributed by atoms with Gasteiger partial charge in [-0.3, -0.25) is 0 Å². The zero-order valence-electron chi connectivity index (χ0n) is 12.5. The molecule has 0 aliphatic heterocycles. The van der Waals surface area contributed by atoms with Gasteiger partial charge in [-0.25, -0.2) is 4.79 Å². The van der Waals surface area contributed by atoms with E-state index in [0.717, 1.165) is 18.4 Å². The highest BCUT2D eigenvalue weighted by molar-refractivity contribution is 5.87. The molecule has 1 saturated carbocycles. The molecule has 0 N–H and O–H groups in total. The van der Waals surface area contributed by atoms with Crippen LogP contribution in [0.15, 0.2) is 18.2 Å². The van der Waals surface area contributed by atoms with E-state index in [4.69, 9.17) is 18.9 Å². The minimum Gasteiger partial charge on any atom is -0.496 e. The molecule has 1 aromatic carbocycles. The fourth-order valence-corrected chi connectivity index (χ4v) is 1.87. The van der Waals surface area contributed by atoms with Crippen LogP contribution in [0.1, 0.15) is 18.4 Å². The van der Waals surface area contributed by atoms with Crippen molar-refractivity contribution in [2.24, 2.45) is 5.92 Å². The van der Waals surface area contributed by atoms with Crippen LogP contribution in [0, 0.1) is 5.92 Å². The molecule has 5 nitrogen and oxygen atoms in total. The van der Waals surface area contributed by atoms with Gasteiger partial charge in [0.2, 0.25) is 0 Å². The highest BCUT2D eigenvalue weighted by Crippen LogP contribution is 2.35. The molecule has 0 spiro atoms. The molecule has 21 heavy (non-hydrogen) atoms. The van der Waals surface area contributed by atoms with Gasteiger partial charge in [-0.2, -0.15) is 0 Å². The van der Waals surface area contributed by atoms with E-state index < -0.39 is 0 Å². The van der Waals surface area contributed by atoms with Crippen LogP contribution in [0.3, 0.4) is 0 Å². The van der Waals surface area contributed by atoms with Crippen LogP contribution >= 0.6 is 0 Å². The Balaban J connectivity index is 2.11. The van der Waals surface area contributed by atoms with Gasteiger partial charge in [0.25, 0.3) is 0 Å². The molecule has 1 fully saturated rings. The molecular weight excluding hydrogens is 272 g/mol. The van der Waals surface area contributed by atoms with Gasteiger partial charge in [0, 0.05) is 17.7 Å². The topological polar surface area (TPSA) is 54.0 Å². The molecule has 0 heterocycles. The number of carbonyl (C=O) groups is 1. The second-order valence-corrected chi connectivity index (χ2v) is 4.86. The molecule has 5 heteroatoms. The third-order valence-electron chi connectivity index (χ3n) is 3.29. The Morgan fingerprint density at radius 1 is 1.10 bits per heavy atom.